The molecule has 6 nitrogen and oxygen atoms in total. The largest absolute Gasteiger partial charge is 0.396 e. The molecule has 1 aliphatic rings. The van der Waals surface area contributed by atoms with Gasteiger partial charge in [-0.3, -0.25) is 4.40 Å². The molecule has 6 heteroatoms. The SMILES string of the molecule is OCCCN(c1nccn2cnnc12)C1CCC1. The second kappa shape index (κ2) is 4.89. The van der Waals surface area contributed by atoms with Gasteiger partial charge in [0.15, 0.2) is 5.82 Å². The van der Waals surface area contributed by atoms with Crippen LogP contribution in [0.3, 0.4) is 0 Å². The minimum absolute atomic E-state index is 0.207. The van der Waals surface area contributed by atoms with Crippen molar-refractivity contribution < 1.29 is 5.11 Å². The van der Waals surface area contributed by atoms with Crippen molar-refractivity contribution in [2.24, 2.45) is 0 Å². The lowest BCUT2D eigenvalue weighted by Gasteiger charge is -2.38. The summed E-state index contributed by atoms with van der Waals surface area (Å²) in [5.74, 6) is 0.883. The van der Waals surface area contributed by atoms with E-state index in [1.807, 2.05) is 10.6 Å². The van der Waals surface area contributed by atoms with Gasteiger partial charge < -0.3 is 10.0 Å². The summed E-state index contributed by atoms with van der Waals surface area (Å²) in [6.45, 7) is 1.03. The highest BCUT2D eigenvalue weighted by molar-refractivity contribution is 5.63. The van der Waals surface area contributed by atoms with E-state index in [2.05, 4.69) is 20.1 Å². The molecule has 1 saturated carbocycles. The van der Waals surface area contributed by atoms with Gasteiger partial charge in [-0.25, -0.2) is 4.98 Å². The molecule has 2 aromatic rings. The van der Waals surface area contributed by atoms with Crippen LogP contribution in [0.2, 0.25) is 0 Å². The van der Waals surface area contributed by atoms with Gasteiger partial charge in [0, 0.05) is 31.6 Å². The van der Waals surface area contributed by atoms with Crippen LogP contribution in [-0.4, -0.2) is 43.9 Å². The maximum Gasteiger partial charge on any atom is 0.203 e. The highest BCUT2D eigenvalue weighted by Gasteiger charge is 2.27. The molecule has 1 N–H and O–H groups in total. The molecule has 0 aliphatic heterocycles. The fourth-order valence-corrected chi connectivity index (χ4v) is 2.35. The number of nitrogens with zero attached hydrogens (tertiary/aromatic N) is 5. The van der Waals surface area contributed by atoms with Gasteiger partial charge in [-0.1, -0.05) is 0 Å². The number of aliphatic hydroxyl groups is 1. The van der Waals surface area contributed by atoms with E-state index in [4.69, 9.17) is 5.11 Å². The van der Waals surface area contributed by atoms with Crippen molar-refractivity contribution in [3.63, 3.8) is 0 Å². The first-order valence-electron chi connectivity index (χ1n) is 6.42. The number of hydrogen-bond donors (Lipinski definition) is 1. The Kier molecular flexibility index (Phi) is 3.10. The van der Waals surface area contributed by atoms with Crippen LogP contribution in [0.25, 0.3) is 5.65 Å². The number of rotatable bonds is 5. The molecule has 0 radical (unpaired) electrons. The molecule has 0 atom stereocenters. The van der Waals surface area contributed by atoms with Crippen molar-refractivity contribution in [1.29, 1.82) is 0 Å². The van der Waals surface area contributed by atoms with Gasteiger partial charge in [0.05, 0.1) is 0 Å². The molecule has 2 aromatic heterocycles. The summed E-state index contributed by atoms with van der Waals surface area (Å²) in [6.07, 6.45) is 9.74. The van der Waals surface area contributed by atoms with E-state index in [9.17, 15) is 0 Å². The summed E-state index contributed by atoms with van der Waals surface area (Å²) in [6, 6.07) is 0.534. The Hall–Kier alpha value is -1.69. The van der Waals surface area contributed by atoms with Crippen LogP contribution in [-0.2, 0) is 0 Å². The molecule has 96 valence electrons. The molecule has 0 saturated heterocycles. The summed E-state index contributed by atoms with van der Waals surface area (Å²) in [5, 5.41) is 17.1. The average molecular weight is 247 g/mol. The highest BCUT2D eigenvalue weighted by atomic mass is 16.3. The van der Waals surface area contributed by atoms with Crippen molar-refractivity contribution in [3.8, 4) is 0 Å². The summed E-state index contributed by atoms with van der Waals surface area (Å²) in [7, 11) is 0. The first kappa shape index (κ1) is 11.4. The number of aliphatic hydroxyl groups excluding tert-OH is 1. The van der Waals surface area contributed by atoms with Crippen LogP contribution in [0.1, 0.15) is 25.7 Å². The predicted octanol–water partition coefficient (Wildman–Crippen LogP) is 0.866. The van der Waals surface area contributed by atoms with E-state index < -0.39 is 0 Å². The Labute approximate surface area is 105 Å². The monoisotopic (exact) mass is 247 g/mol. The van der Waals surface area contributed by atoms with Crippen molar-refractivity contribution >= 4 is 11.5 Å². The van der Waals surface area contributed by atoms with Gasteiger partial charge >= 0.3 is 0 Å². The molecule has 0 aromatic carbocycles. The predicted molar refractivity (Wildman–Crippen MR) is 67.5 cm³/mol. The molecule has 3 rings (SSSR count). The number of anilines is 1. The third-order valence-corrected chi connectivity index (χ3v) is 3.54. The molecule has 1 fully saturated rings. The number of fused-ring (bicyclic) bond motifs is 1. The fraction of sp³-hybridized carbons (Fsp3) is 0.583. The van der Waals surface area contributed by atoms with Crippen LogP contribution in [0.4, 0.5) is 5.82 Å². The minimum atomic E-state index is 0.207. The lowest BCUT2D eigenvalue weighted by molar-refractivity contribution is 0.282. The Morgan fingerprint density at radius 2 is 2.33 bits per heavy atom. The smallest absolute Gasteiger partial charge is 0.203 e. The molecular formula is C12H17N5O. The minimum Gasteiger partial charge on any atom is -0.396 e. The molecule has 0 bridgehead atoms. The zero-order valence-electron chi connectivity index (χ0n) is 10.2. The van der Waals surface area contributed by atoms with Crippen LogP contribution in [0.5, 0.6) is 0 Å². The van der Waals surface area contributed by atoms with E-state index in [0.29, 0.717) is 6.04 Å². The Morgan fingerprint density at radius 3 is 3.06 bits per heavy atom. The third-order valence-electron chi connectivity index (χ3n) is 3.54. The average Bonchev–Trinajstić information content (AvgIpc) is 2.80. The van der Waals surface area contributed by atoms with Crippen LogP contribution in [0.15, 0.2) is 18.7 Å². The van der Waals surface area contributed by atoms with Crippen LogP contribution < -0.4 is 4.90 Å². The van der Waals surface area contributed by atoms with E-state index in [1.165, 1.54) is 19.3 Å². The Bertz CT molecular complexity index is 522. The fourth-order valence-electron chi connectivity index (χ4n) is 2.35. The topological polar surface area (TPSA) is 66.5 Å². The van der Waals surface area contributed by atoms with Crippen molar-refractivity contribution in [1.82, 2.24) is 19.6 Å². The van der Waals surface area contributed by atoms with Gasteiger partial charge in [0.1, 0.15) is 6.33 Å². The third kappa shape index (κ3) is 1.92. The Balaban J connectivity index is 1.94. The molecular weight excluding hydrogens is 230 g/mol. The first-order valence-corrected chi connectivity index (χ1v) is 6.42. The highest BCUT2D eigenvalue weighted by Crippen LogP contribution is 2.30. The lowest BCUT2D eigenvalue weighted by atomic mass is 9.91. The number of aromatic nitrogens is 4. The van der Waals surface area contributed by atoms with Gasteiger partial charge in [-0.05, 0) is 25.7 Å². The quantitative estimate of drug-likeness (QED) is 0.849. The van der Waals surface area contributed by atoms with Gasteiger partial charge in [0.2, 0.25) is 5.65 Å². The number of hydrogen-bond acceptors (Lipinski definition) is 5. The maximum atomic E-state index is 9.03. The van der Waals surface area contributed by atoms with Gasteiger partial charge in [-0.15, -0.1) is 10.2 Å². The second-order valence-electron chi connectivity index (χ2n) is 4.67. The van der Waals surface area contributed by atoms with E-state index >= 15 is 0 Å². The van der Waals surface area contributed by atoms with Gasteiger partial charge in [0.25, 0.3) is 0 Å². The molecule has 0 spiro atoms. The van der Waals surface area contributed by atoms with E-state index in [-0.39, 0.29) is 6.61 Å². The lowest BCUT2D eigenvalue weighted by Crippen LogP contribution is -2.42. The summed E-state index contributed by atoms with van der Waals surface area (Å²) in [5.41, 5.74) is 0.794. The molecule has 0 amide bonds. The molecule has 0 unspecified atom stereocenters. The zero-order chi connectivity index (χ0) is 12.4. The van der Waals surface area contributed by atoms with E-state index in [1.54, 1.807) is 12.5 Å². The standard InChI is InChI=1S/C12H17N5O/c18-8-2-6-17(10-3-1-4-10)11-12-15-14-9-16(12)7-5-13-11/h5,7,9-10,18H,1-4,6,8H2. The zero-order valence-corrected chi connectivity index (χ0v) is 10.2. The van der Waals surface area contributed by atoms with Crippen molar-refractivity contribution in [3.05, 3.63) is 18.7 Å². The maximum absolute atomic E-state index is 9.03. The molecule has 18 heavy (non-hydrogen) atoms. The Morgan fingerprint density at radius 1 is 1.44 bits per heavy atom. The second-order valence-corrected chi connectivity index (χ2v) is 4.67. The normalized spacial score (nSPS) is 15.8. The molecule has 1 aliphatic carbocycles. The van der Waals surface area contributed by atoms with Crippen LogP contribution in [0, 0.1) is 0 Å². The molecule has 2 heterocycles. The van der Waals surface area contributed by atoms with E-state index in [0.717, 1.165) is 24.4 Å². The first-order chi connectivity index (χ1) is 8.90. The van der Waals surface area contributed by atoms with Gasteiger partial charge in [-0.2, -0.15) is 0 Å². The summed E-state index contributed by atoms with van der Waals surface area (Å²) >= 11 is 0. The van der Waals surface area contributed by atoms with Crippen molar-refractivity contribution in [2.75, 3.05) is 18.1 Å². The summed E-state index contributed by atoms with van der Waals surface area (Å²) in [4.78, 5) is 6.72. The van der Waals surface area contributed by atoms with Crippen molar-refractivity contribution in [2.45, 2.75) is 31.7 Å². The van der Waals surface area contributed by atoms with Crippen LogP contribution >= 0.6 is 0 Å². The summed E-state index contributed by atoms with van der Waals surface area (Å²) < 4.78 is 1.88.